The van der Waals surface area contributed by atoms with Crippen molar-refractivity contribution < 1.29 is 4.79 Å². The molecule has 1 heterocycles. The number of piperidine rings is 1. The Morgan fingerprint density at radius 2 is 1.84 bits per heavy atom. The fourth-order valence-electron chi connectivity index (χ4n) is 2.54. The summed E-state index contributed by atoms with van der Waals surface area (Å²) in [6.07, 6.45) is 5.83. The van der Waals surface area contributed by atoms with Crippen LogP contribution in [-0.4, -0.2) is 37.0 Å². The minimum atomic E-state index is 0.176. The summed E-state index contributed by atoms with van der Waals surface area (Å²) in [5.41, 5.74) is 1.34. The van der Waals surface area contributed by atoms with Crippen molar-refractivity contribution in [2.75, 3.05) is 26.2 Å². The molecule has 0 bridgehead atoms. The lowest BCUT2D eigenvalue weighted by Gasteiger charge is -2.25. The second-order valence-corrected chi connectivity index (χ2v) is 5.28. The van der Waals surface area contributed by atoms with E-state index in [4.69, 9.17) is 0 Å². The Morgan fingerprint density at radius 3 is 2.58 bits per heavy atom. The monoisotopic (exact) mass is 260 g/mol. The van der Waals surface area contributed by atoms with Gasteiger partial charge < -0.3 is 5.32 Å². The van der Waals surface area contributed by atoms with Gasteiger partial charge in [0.25, 0.3) is 0 Å². The van der Waals surface area contributed by atoms with Crippen LogP contribution in [-0.2, 0) is 11.2 Å². The molecular weight excluding hydrogens is 236 g/mol. The van der Waals surface area contributed by atoms with E-state index in [1.165, 1.54) is 24.8 Å². The highest BCUT2D eigenvalue weighted by Gasteiger charge is 2.13. The van der Waals surface area contributed by atoms with Gasteiger partial charge in [0.2, 0.25) is 5.91 Å². The van der Waals surface area contributed by atoms with Crippen molar-refractivity contribution in [3.63, 3.8) is 0 Å². The summed E-state index contributed by atoms with van der Waals surface area (Å²) in [6, 6.07) is 10.4. The highest BCUT2D eigenvalue weighted by atomic mass is 16.2. The van der Waals surface area contributed by atoms with E-state index in [1.807, 2.05) is 6.07 Å². The molecule has 1 aromatic carbocycles. The van der Waals surface area contributed by atoms with Crippen molar-refractivity contribution in [1.29, 1.82) is 0 Å². The molecule has 104 valence electrons. The number of carbonyl (C=O) groups is 1. The molecule has 1 saturated heterocycles. The number of benzene rings is 1. The first-order valence-electron chi connectivity index (χ1n) is 7.37. The number of carbonyl (C=O) groups excluding carboxylic acids is 1. The van der Waals surface area contributed by atoms with E-state index in [0.717, 1.165) is 32.5 Å². The number of nitrogens with zero attached hydrogens (tertiary/aromatic N) is 1. The molecule has 19 heavy (non-hydrogen) atoms. The Balaban J connectivity index is 1.56. The first-order valence-corrected chi connectivity index (χ1v) is 7.37. The van der Waals surface area contributed by atoms with Crippen LogP contribution < -0.4 is 5.32 Å². The van der Waals surface area contributed by atoms with Gasteiger partial charge in [-0.3, -0.25) is 9.69 Å². The number of rotatable bonds is 6. The Hall–Kier alpha value is -1.35. The van der Waals surface area contributed by atoms with E-state index < -0.39 is 0 Å². The zero-order chi connectivity index (χ0) is 13.3. The van der Waals surface area contributed by atoms with E-state index >= 15 is 0 Å². The number of hydrogen-bond donors (Lipinski definition) is 1. The van der Waals surface area contributed by atoms with E-state index in [2.05, 4.69) is 34.5 Å². The van der Waals surface area contributed by atoms with Crippen molar-refractivity contribution >= 4 is 5.91 Å². The fraction of sp³-hybridized carbons (Fsp3) is 0.562. The Labute approximate surface area is 116 Å². The molecule has 1 amide bonds. The molecule has 0 saturated carbocycles. The summed E-state index contributed by atoms with van der Waals surface area (Å²) in [4.78, 5) is 14.0. The predicted molar refractivity (Wildman–Crippen MR) is 78.1 cm³/mol. The highest BCUT2D eigenvalue weighted by Crippen LogP contribution is 2.07. The summed E-state index contributed by atoms with van der Waals surface area (Å²) >= 11 is 0. The van der Waals surface area contributed by atoms with Crippen LogP contribution in [0.2, 0.25) is 0 Å². The van der Waals surface area contributed by atoms with Crippen molar-refractivity contribution in [3.8, 4) is 0 Å². The summed E-state index contributed by atoms with van der Waals surface area (Å²) in [5.74, 6) is 0.176. The SMILES string of the molecule is O=C(CN1CCCCC1)NCCCc1ccccc1. The molecule has 1 aliphatic rings. The van der Waals surface area contributed by atoms with Crippen molar-refractivity contribution in [2.24, 2.45) is 0 Å². The lowest BCUT2D eigenvalue weighted by atomic mass is 10.1. The molecule has 0 spiro atoms. The lowest BCUT2D eigenvalue weighted by molar-refractivity contribution is -0.122. The maximum atomic E-state index is 11.8. The third-order valence-corrected chi connectivity index (χ3v) is 3.62. The van der Waals surface area contributed by atoms with E-state index in [0.29, 0.717) is 6.54 Å². The maximum Gasteiger partial charge on any atom is 0.234 e. The standard InChI is InChI=1S/C16H24N2O/c19-16(14-18-12-5-2-6-13-18)17-11-7-10-15-8-3-1-4-9-15/h1,3-4,8-9H,2,5-7,10-14H2,(H,17,19). The van der Waals surface area contributed by atoms with Crippen molar-refractivity contribution in [3.05, 3.63) is 35.9 Å². The van der Waals surface area contributed by atoms with E-state index in [9.17, 15) is 4.79 Å². The van der Waals surface area contributed by atoms with E-state index in [-0.39, 0.29) is 5.91 Å². The second-order valence-electron chi connectivity index (χ2n) is 5.28. The number of aryl methyl sites for hydroxylation is 1. The maximum absolute atomic E-state index is 11.8. The second kappa shape index (κ2) is 7.95. The van der Waals surface area contributed by atoms with E-state index in [1.54, 1.807) is 0 Å². The first-order chi connectivity index (χ1) is 9.34. The van der Waals surface area contributed by atoms with Gasteiger partial charge in [-0.1, -0.05) is 36.8 Å². The molecule has 0 aromatic heterocycles. The largest absolute Gasteiger partial charge is 0.355 e. The van der Waals surface area contributed by atoms with Gasteiger partial charge >= 0.3 is 0 Å². The smallest absolute Gasteiger partial charge is 0.234 e. The Kier molecular flexibility index (Phi) is 5.89. The molecule has 0 aliphatic carbocycles. The van der Waals surface area contributed by atoms with Crippen LogP contribution >= 0.6 is 0 Å². The van der Waals surface area contributed by atoms with Crippen LogP contribution in [0.5, 0.6) is 0 Å². The molecule has 1 N–H and O–H groups in total. The third-order valence-electron chi connectivity index (χ3n) is 3.62. The number of likely N-dealkylation sites (tertiary alicyclic amines) is 1. The first kappa shape index (κ1) is 14.1. The van der Waals surface area contributed by atoms with Gasteiger partial charge in [-0.25, -0.2) is 0 Å². The molecule has 3 nitrogen and oxygen atoms in total. The summed E-state index contributed by atoms with van der Waals surface area (Å²) < 4.78 is 0. The average Bonchev–Trinajstić information content (AvgIpc) is 2.46. The van der Waals surface area contributed by atoms with Gasteiger partial charge in [-0.2, -0.15) is 0 Å². The number of amides is 1. The van der Waals surface area contributed by atoms with Crippen LogP contribution in [0, 0.1) is 0 Å². The zero-order valence-electron chi connectivity index (χ0n) is 11.6. The molecule has 2 rings (SSSR count). The van der Waals surface area contributed by atoms with Crippen LogP contribution in [0.25, 0.3) is 0 Å². The summed E-state index contributed by atoms with van der Waals surface area (Å²) in [5, 5.41) is 3.02. The lowest BCUT2D eigenvalue weighted by Crippen LogP contribution is -2.40. The molecule has 1 aromatic rings. The van der Waals surface area contributed by atoms with Crippen LogP contribution in [0.15, 0.2) is 30.3 Å². The Bertz CT molecular complexity index is 372. The average molecular weight is 260 g/mol. The molecule has 0 unspecified atom stereocenters. The normalized spacial score (nSPS) is 16.2. The van der Waals surface area contributed by atoms with Gasteiger partial charge in [-0.05, 0) is 44.3 Å². The van der Waals surface area contributed by atoms with Crippen LogP contribution in [0.1, 0.15) is 31.2 Å². The topological polar surface area (TPSA) is 32.3 Å². The minimum Gasteiger partial charge on any atom is -0.355 e. The fourth-order valence-corrected chi connectivity index (χ4v) is 2.54. The van der Waals surface area contributed by atoms with Gasteiger partial charge in [0.1, 0.15) is 0 Å². The highest BCUT2D eigenvalue weighted by molar-refractivity contribution is 5.77. The van der Waals surface area contributed by atoms with Crippen molar-refractivity contribution in [2.45, 2.75) is 32.1 Å². The van der Waals surface area contributed by atoms with Gasteiger partial charge in [0.15, 0.2) is 0 Å². The minimum absolute atomic E-state index is 0.176. The summed E-state index contributed by atoms with van der Waals surface area (Å²) in [7, 11) is 0. The summed E-state index contributed by atoms with van der Waals surface area (Å²) in [6.45, 7) is 3.52. The number of hydrogen-bond acceptors (Lipinski definition) is 2. The predicted octanol–water partition coefficient (Wildman–Crippen LogP) is 2.22. The molecule has 1 aliphatic heterocycles. The van der Waals surface area contributed by atoms with Gasteiger partial charge in [0.05, 0.1) is 6.54 Å². The van der Waals surface area contributed by atoms with Crippen molar-refractivity contribution in [1.82, 2.24) is 10.2 Å². The zero-order valence-corrected chi connectivity index (χ0v) is 11.6. The van der Waals surface area contributed by atoms with Gasteiger partial charge in [-0.15, -0.1) is 0 Å². The molecule has 3 heteroatoms. The molecule has 0 radical (unpaired) electrons. The van der Waals surface area contributed by atoms with Crippen LogP contribution in [0.3, 0.4) is 0 Å². The van der Waals surface area contributed by atoms with Gasteiger partial charge in [0, 0.05) is 6.54 Å². The quantitative estimate of drug-likeness (QED) is 0.795. The number of nitrogens with one attached hydrogen (secondary N) is 1. The van der Waals surface area contributed by atoms with Crippen LogP contribution in [0.4, 0.5) is 0 Å². The molecular formula is C16H24N2O. The molecule has 1 fully saturated rings. The Morgan fingerprint density at radius 1 is 1.11 bits per heavy atom. The third kappa shape index (κ3) is 5.43. The molecule has 0 atom stereocenters.